The molecular formula is C50H35NO. The van der Waals surface area contributed by atoms with Gasteiger partial charge in [0.25, 0.3) is 0 Å². The topological polar surface area (TPSA) is 16.4 Å². The summed E-state index contributed by atoms with van der Waals surface area (Å²) in [5.74, 6) is 1.08. The van der Waals surface area contributed by atoms with Gasteiger partial charge in [-0.15, -0.1) is 0 Å². The average Bonchev–Trinajstić information content (AvgIpc) is 3.58. The lowest BCUT2D eigenvalue weighted by molar-refractivity contribution is 0.517. The van der Waals surface area contributed by atoms with Gasteiger partial charge in [-0.1, -0.05) is 158 Å². The molecule has 1 aliphatic carbocycles. The molecule has 0 saturated carbocycles. The van der Waals surface area contributed by atoms with Crippen LogP contribution in [0.25, 0.3) is 60.8 Å². The van der Waals surface area contributed by atoms with E-state index >= 15 is 0 Å². The molecule has 1 unspecified atom stereocenters. The summed E-state index contributed by atoms with van der Waals surface area (Å²) >= 11 is 0. The molecule has 2 nitrogen and oxygen atoms in total. The summed E-state index contributed by atoms with van der Waals surface area (Å²) in [7, 11) is 0. The lowest BCUT2D eigenvalue weighted by Gasteiger charge is -2.32. The van der Waals surface area contributed by atoms with Gasteiger partial charge in [-0.2, -0.15) is 0 Å². The van der Waals surface area contributed by atoms with E-state index in [1.54, 1.807) is 0 Å². The molecule has 1 heterocycles. The van der Waals surface area contributed by atoms with Crippen molar-refractivity contribution in [3.8, 4) is 22.3 Å². The van der Waals surface area contributed by atoms with E-state index in [9.17, 15) is 0 Å². The van der Waals surface area contributed by atoms with E-state index in [4.69, 9.17) is 4.42 Å². The van der Waals surface area contributed by atoms with Gasteiger partial charge in [-0.05, 0) is 86.6 Å². The van der Waals surface area contributed by atoms with Crippen molar-refractivity contribution in [3.05, 3.63) is 205 Å². The number of furan rings is 1. The van der Waals surface area contributed by atoms with Crippen molar-refractivity contribution >= 4 is 55.7 Å². The zero-order valence-corrected chi connectivity index (χ0v) is 28.6. The fourth-order valence-electron chi connectivity index (χ4n) is 8.04. The molecule has 2 heteroatoms. The molecule has 0 radical (unpaired) electrons. The number of rotatable bonds is 6. The van der Waals surface area contributed by atoms with Gasteiger partial charge in [-0.25, -0.2) is 0 Å². The Labute approximate surface area is 303 Å². The zero-order chi connectivity index (χ0) is 34.4. The van der Waals surface area contributed by atoms with Crippen LogP contribution in [-0.2, 0) is 0 Å². The van der Waals surface area contributed by atoms with E-state index in [0.29, 0.717) is 0 Å². The van der Waals surface area contributed by atoms with Gasteiger partial charge in [0.15, 0.2) is 0 Å². The van der Waals surface area contributed by atoms with Crippen molar-refractivity contribution in [1.29, 1.82) is 0 Å². The lowest BCUT2D eigenvalue weighted by Crippen LogP contribution is -2.15. The summed E-state index contributed by atoms with van der Waals surface area (Å²) in [5, 5.41) is 6.02. The number of allylic oxidation sites excluding steroid dienone is 1. The Kier molecular flexibility index (Phi) is 7.32. The molecule has 0 spiro atoms. The second kappa shape index (κ2) is 12.6. The summed E-state index contributed by atoms with van der Waals surface area (Å²) in [5.41, 5.74) is 11.5. The van der Waals surface area contributed by atoms with Crippen molar-refractivity contribution in [3.63, 3.8) is 0 Å². The van der Waals surface area contributed by atoms with Crippen LogP contribution in [0.15, 0.2) is 192 Å². The lowest BCUT2D eigenvalue weighted by atomic mass is 9.85. The molecule has 0 aliphatic heterocycles. The van der Waals surface area contributed by atoms with Gasteiger partial charge in [0.2, 0.25) is 0 Å². The Hall–Kier alpha value is -6.64. The highest BCUT2D eigenvalue weighted by molar-refractivity contribution is 6.01. The predicted molar refractivity (Wildman–Crippen MR) is 219 cm³/mol. The minimum absolute atomic E-state index is 0.0481. The smallest absolute Gasteiger partial charge is 0.135 e. The summed E-state index contributed by atoms with van der Waals surface area (Å²) in [4.78, 5) is 2.46. The molecule has 0 saturated heterocycles. The largest absolute Gasteiger partial charge is 0.460 e. The first kappa shape index (κ1) is 30.2. The zero-order valence-electron chi connectivity index (χ0n) is 28.6. The van der Waals surface area contributed by atoms with E-state index in [0.717, 1.165) is 34.8 Å². The number of anilines is 3. The maximum Gasteiger partial charge on any atom is 0.135 e. The molecule has 0 N–H and O–H groups in total. The fraction of sp³-hybridized carbons (Fsp3) is 0.0400. The summed E-state index contributed by atoms with van der Waals surface area (Å²) < 4.78 is 6.84. The van der Waals surface area contributed by atoms with Gasteiger partial charge in [0, 0.05) is 28.1 Å². The van der Waals surface area contributed by atoms with Crippen LogP contribution in [0.1, 0.15) is 29.2 Å². The molecule has 1 atom stereocenters. The minimum Gasteiger partial charge on any atom is -0.460 e. The van der Waals surface area contributed by atoms with Gasteiger partial charge in [0.05, 0.1) is 11.4 Å². The Morgan fingerprint density at radius 1 is 0.481 bits per heavy atom. The van der Waals surface area contributed by atoms with Crippen LogP contribution in [0, 0.1) is 0 Å². The molecule has 246 valence electrons. The average molecular weight is 666 g/mol. The number of para-hydroxylation sites is 2. The fourth-order valence-corrected chi connectivity index (χ4v) is 8.04. The molecule has 0 amide bonds. The quantitative estimate of drug-likeness (QED) is 0.176. The Morgan fingerprint density at radius 2 is 1.10 bits per heavy atom. The number of hydrogen-bond acceptors (Lipinski definition) is 2. The van der Waals surface area contributed by atoms with Crippen molar-refractivity contribution in [1.82, 2.24) is 0 Å². The molecule has 0 fully saturated rings. The first-order valence-corrected chi connectivity index (χ1v) is 18.0. The van der Waals surface area contributed by atoms with Gasteiger partial charge < -0.3 is 9.32 Å². The summed E-state index contributed by atoms with van der Waals surface area (Å²) in [6.07, 6.45) is 5.43. The van der Waals surface area contributed by atoms with Crippen LogP contribution >= 0.6 is 0 Å². The van der Waals surface area contributed by atoms with E-state index in [1.807, 2.05) is 0 Å². The second-order valence-electron chi connectivity index (χ2n) is 13.7. The highest BCUT2D eigenvalue weighted by Gasteiger charge is 2.30. The van der Waals surface area contributed by atoms with Crippen molar-refractivity contribution in [2.24, 2.45) is 0 Å². The first-order valence-electron chi connectivity index (χ1n) is 18.0. The normalized spacial score (nSPS) is 13.8. The Balaban J connectivity index is 1.16. The second-order valence-corrected chi connectivity index (χ2v) is 13.7. The van der Waals surface area contributed by atoms with E-state index < -0.39 is 0 Å². The van der Waals surface area contributed by atoms with Crippen molar-refractivity contribution in [2.75, 3.05) is 4.90 Å². The molecule has 52 heavy (non-hydrogen) atoms. The number of benzene rings is 8. The SMILES string of the molecule is C1=Cc2c(oc3cc4ccccc4cc23)C(c2ccccc2N(c2ccc3ccccc3c2)c2ccccc2-c2ccc(-c3ccccc3)cc2)C1. The van der Waals surface area contributed by atoms with Gasteiger partial charge in [0.1, 0.15) is 11.3 Å². The highest BCUT2D eigenvalue weighted by atomic mass is 16.3. The number of fused-ring (bicyclic) bond motifs is 5. The summed E-state index contributed by atoms with van der Waals surface area (Å²) in [6.45, 7) is 0. The molecule has 1 aliphatic rings. The molecule has 9 aromatic rings. The third-order valence-corrected chi connectivity index (χ3v) is 10.6. The molecular weight excluding hydrogens is 631 g/mol. The highest BCUT2D eigenvalue weighted by Crippen LogP contribution is 2.48. The maximum atomic E-state index is 6.84. The van der Waals surface area contributed by atoms with Gasteiger partial charge in [-0.3, -0.25) is 0 Å². The van der Waals surface area contributed by atoms with E-state index in [-0.39, 0.29) is 5.92 Å². The monoisotopic (exact) mass is 665 g/mol. The third kappa shape index (κ3) is 5.20. The maximum absolute atomic E-state index is 6.84. The first-order chi connectivity index (χ1) is 25.8. The molecule has 0 bridgehead atoms. The van der Waals surface area contributed by atoms with Gasteiger partial charge >= 0.3 is 0 Å². The van der Waals surface area contributed by atoms with Crippen LogP contribution in [0.3, 0.4) is 0 Å². The minimum atomic E-state index is 0.0481. The molecule has 10 rings (SSSR count). The standard InChI is InChI=1S/C50H35NO/c1-2-13-34(14-3-1)36-25-27-37(28-26-36)42-19-8-10-23-47(42)51(41-30-29-35-15-4-5-16-38(35)31-41)48-24-11-9-20-43(48)44-21-12-22-45-46-32-39-17-6-7-18-40(39)33-49(46)52-50(44)45/h1-20,22-33,44H,21H2. The van der Waals surface area contributed by atoms with Crippen LogP contribution in [-0.4, -0.2) is 0 Å². The van der Waals surface area contributed by atoms with Crippen molar-refractivity contribution in [2.45, 2.75) is 12.3 Å². The van der Waals surface area contributed by atoms with Crippen molar-refractivity contribution < 1.29 is 4.42 Å². The van der Waals surface area contributed by atoms with Crippen LogP contribution in [0.4, 0.5) is 17.1 Å². The third-order valence-electron chi connectivity index (χ3n) is 10.6. The van der Waals surface area contributed by atoms with E-state index in [1.165, 1.54) is 60.3 Å². The van der Waals surface area contributed by atoms with Crippen LogP contribution < -0.4 is 4.90 Å². The Morgan fingerprint density at radius 3 is 1.90 bits per heavy atom. The summed E-state index contributed by atoms with van der Waals surface area (Å²) in [6, 6.07) is 65.7. The van der Waals surface area contributed by atoms with Crippen LogP contribution in [0.2, 0.25) is 0 Å². The molecule has 8 aromatic carbocycles. The Bertz CT molecular complexity index is 2770. The molecule has 1 aromatic heterocycles. The van der Waals surface area contributed by atoms with Crippen LogP contribution in [0.5, 0.6) is 0 Å². The number of nitrogens with zero attached hydrogens (tertiary/aromatic N) is 1. The predicted octanol–water partition coefficient (Wildman–Crippen LogP) is 14.1. The van der Waals surface area contributed by atoms with E-state index in [2.05, 4.69) is 199 Å². The number of hydrogen-bond donors (Lipinski definition) is 0.